The van der Waals surface area contributed by atoms with E-state index >= 15 is 0 Å². The van der Waals surface area contributed by atoms with Crippen molar-refractivity contribution in [3.8, 4) is 0 Å². The van der Waals surface area contributed by atoms with E-state index in [4.69, 9.17) is 9.47 Å². The molecule has 0 amide bonds. The molecule has 0 spiro atoms. The number of hydrogen-bond acceptors (Lipinski definition) is 5. The minimum absolute atomic E-state index is 0.0490. The summed E-state index contributed by atoms with van der Waals surface area (Å²) in [5, 5.41) is 0. The minimum atomic E-state index is -0.254. The fourth-order valence-corrected chi connectivity index (χ4v) is 8.15. The first-order valence-corrected chi connectivity index (χ1v) is 12.7. The highest BCUT2D eigenvalue weighted by Gasteiger charge is 2.63. The zero-order valence-electron chi connectivity index (χ0n) is 20.0. The van der Waals surface area contributed by atoms with E-state index in [1.54, 1.807) is 12.1 Å². The molecule has 8 atom stereocenters. The van der Waals surface area contributed by atoms with Crippen molar-refractivity contribution in [1.82, 2.24) is 0 Å². The number of carbonyl (C=O) groups is 3. The van der Waals surface area contributed by atoms with Crippen LogP contribution >= 0.6 is 0 Å². The Morgan fingerprint density at radius 3 is 2.33 bits per heavy atom. The second-order valence-electron chi connectivity index (χ2n) is 11.5. The topological polar surface area (TPSA) is 69.7 Å². The second kappa shape index (κ2) is 8.25. The highest BCUT2D eigenvalue weighted by Crippen LogP contribution is 2.65. The van der Waals surface area contributed by atoms with E-state index in [9.17, 15) is 14.4 Å². The molecule has 5 nitrogen and oxygen atoms in total. The molecule has 0 aliphatic heterocycles. The normalized spacial score (nSPS) is 42.0. The lowest BCUT2D eigenvalue weighted by molar-refractivity contribution is -0.168. The molecule has 4 saturated carbocycles. The van der Waals surface area contributed by atoms with Crippen LogP contribution < -0.4 is 0 Å². The van der Waals surface area contributed by atoms with Gasteiger partial charge in [0.2, 0.25) is 0 Å². The highest BCUT2D eigenvalue weighted by atomic mass is 16.5. The van der Waals surface area contributed by atoms with Crippen LogP contribution in [0.25, 0.3) is 0 Å². The predicted octanol–water partition coefficient (Wildman–Crippen LogP) is 5.37. The average Bonchev–Trinajstić information content (AvgIpc) is 3.11. The number of fused-ring (bicyclic) bond motifs is 5. The summed E-state index contributed by atoms with van der Waals surface area (Å²) in [4.78, 5) is 37.8. The van der Waals surface area contributed by atoms with Crippen LogP contribution in [0.15, 0.2) is 30.3 Å². The minimum Gasteiger partial charge on any atom is -0.463 e. The molecule has 0 aromatic heterocycles. The third kappa shape index (κ3) is 3.72. The summed E-state index contributed by atoms with van der Waals surface area (Å²) in [6.45, 7) is 6.11. The monoisotopic (exact) mass is 452 g/mol. The van der Waals surface area contributed by atoms with Gasteiger partial charge in [0.1, 0.15) is 18.0 Å². The van der Waals surface area contributed by atoms with Gasteiger partial charge in [-0.15, -0.1) is 0 Å². The number of ether oxygens (including phenoxy) is 2. The molecule has 4 aliphatic carbocycles. The largest absolute Gasteiger partial charge is 0.463 e. The van der Waals surface area contributed by atoms with Crippen molar-refractivity contribution >= 4 is 17.7 Å². The van der Waals surface area contributed by atoms with Gasteiger partial charge in [0.05, 0.1) is 5.56 Å². The van der Waals surface area contributed by atoms with E-state index in [-0.39, 0.29) is 46.8 Å². The Labute approximate surface area is 196 Å². The Morgan fingerprint density at radius 2 is 1.61 bits per heavy atom. The molecule has 0 saturated heterocycles. The van der Waals surface area contributed by atoms with Crippen LogP contribution in [-0.2, 0) is 19.1 Å². The maximum Gasteiger partial charge on any atom is 0.338 e. The van der Waals surface area contributed by atoms with Gasteiger partial charge in [-0.05, 0) is 80.2 Å². The van der Waals surface area contributed by atoms with Crippen LogP contribution in [-0.4, -0.2) is 29.9 Å². The molecule has 0 N–H and O–H groups in total. The highest BCUT2D eigenvalue weighted by molar-refractivity contribution is 5.89. The Kier molecular flexibility index (Phi) is 5.65. The fraction of sp³-hybridized carbons (Fsp3) is 0.679. The third-order valence-electron chi connectivity index (χ3n) is 9.93. The van der Waals surface area contributed by atoms with Crippen LogP contribution in [0.2, 0.25) is 0 Å². The second-order valence-corrected chi connectivity index (χ2v) is 11.5. The van der Waals surface area contributed by atoms with Crippen LogP contribution in [0.3, 0.4) is 0 Å². The molecule has 4 aliphatic rings. The summed E-state index contributed by atoms with van der Waals surface area (Å²) < 4.78 is 11.6. The molecular formula is C28H36O5. The lowest BCUT2D eigenvalue weighted by Gasteiger charge is -2.59. The lowest BCUT2D eigenvalue weighted by atomic mass is 9.45. The van der Waals surface area contributed by atoms with E-state index in [0.29, 0.717) is 29.6 Å². The number of benzene rings is 1. The number of hydrogen-bond donors (Lipinski definition) is 0. The number of Topliss-reactive ketones (excluding diaryl/α,β-unsaturated/α-hetero) is 1. The fourth-order valence-electron chi connectivity index (χ4n) is 8.15. The van der Waals surface area contributed by atoms with Gasteiger partial charge in [0, 0.05) is 24.7 Å². The Morgan fingerprint density at radius 1 is 0.909 bits per heavy atom. The first kappa shape index (κ1) is 22.6. The van der Waals surface area contributed by atoms with E-state index in [0.717, 1.165) is 44.9 Å². The Bertz CT molecular complexity index is 941. The van der Waals surface area contributed by atoms with Crippen LogP contribution in [0.1, 0.15) is 82.5 Å². The number of rotatable bonds is 3. The van der Waals surface area contributed by atoms with Crippen molar-refractivity contribution < 1.29 is 23.9 Å². The summed E-state index contributed by atoms with van der Waals surface area (Å²) in [6, 6.07) is 9.20. The van der Waals surface area contributed by atoms with E-state index in [1.165, 1.54) is 6.92 Å². The van der Waals surface area contributed by atoms with Gasteiger partial charge in [0.15, 0.2) is 0 Å². The first-order chi connectivity index (χ1) is 15.7. The molecule has 0 heterocycles. The molecule has 1 aromatic rings. The van der Waals surface area contributed by atoms with Crippen LogP contribution in [0.5, 0.6) is 0 Å². The summed E-state index contributed by atoms with van der Waals surface area (Å²) in [7, 11) is 0. The molecule has 4 fully saturated rings. The van der Waals surface area contributed by atoms with Gasteiger partial charge in [-0.25, -0.2) is 4.79 Å². The molecule has 5 rings (SSSR count). The van der Waals surface area contributed by atoms with Crippen LogP contribution in [0, 0.1) is 34.5 Å². The van der Waals surface area contributed by atoms with Crippen molar-refractivity contribution in [1.29, 1.82) is 0 Å². The standard InChI is InChI=1S/C28H36O5/c1-17(29)32-20-11-13-27(2)19(15-20)16-23(30)25-21-9-10-24(28(21,3)14-12-22(25)27)33-26(31)18-7-5-4-6-8-18/h4-8,19-22,24-25H,9-16H2,1-3H3/t19-,20-,21-,22-,24-,25-,27-,28-/m0/s1. The van der Waals surface area contributed by atoms with Gasteiger partial charge in [0.25, 0.3) is 0 Å². The molecule has 0 radical (unpaired) electrons. The molecule has 1 aromatic carbocycles. The van der Waals surface area contributed by atoms with Crippen LogP contribution in [0.4, 0.5) is 0 Å². The lowest BCUT2D eigenvalue weighted by Crippen LogP contribution is -2.58. The predicted molar refractivity (Wildman–Crippen MR) is 123 cm³/mol. The molecule has 178 valence electrons. The zero-order chi connectivity index (χ0) is 23.4. The SMILES string of the molecule is CC(=O)O[C@H]1CC[C@@]2(C)[C@H](CC(=O)[C@@H]3[C@@H]2CC[C@]2(C)[C@@H](OC(=O)c4ccccc4)CC[C@@H]32)C1. The van der Waals surface area contributed by atoms with E-state index in [1.807, 2.05) is 18.2 Å². The number of carbonyl (C=O) groups excluding carboxylic acids is 3. The maximum absolute atomic E-state index is 13.6. The quantitative estimate of drug-likeness (QED) is 0.577. The van der Waals surface area contributed by atoms with Gasteiger partial charge < -0.3 is 9.47 Å². The summed E-state index contributed by atoms with van der Waals surface area (Å²) in [5.41, 5.74) is 0.571. The first-order valence-electron chi connectivity index (χ1n) is 12.7. The maximum atomic E-state index is 13.6. The van der Waals surface area contributed by atoms with Crippen molar-refractivity contribution in [2.45, 2.75) is 84.3 Å². The third-order valence-corrected chi connectivity index (χ3v) is 9.93. The van der Waals surface area contributed by atoms with Crippen molar-refractivity contribution in [3.05, 3.63) is 35.9 Å². The molecular weight excluding hydrogens is 416 g/mol. The number of ketones is 1. The summed E-state index contributed by atoms with van der Waals surface area (Å²) in [5.74, 6) is 0.925. The smallest absolute Gasteiger partial charge is 0.338 e. The van der Waals surface area contributed by atoms with Crippen molar-refractivity contribution in [2.24, 2.45) is 34.5 Å². The summed E-state index contributed by atoms with van der Waals surface area (Å²) >= 11 is 0. The molecule has 0 unspecified atom stereocenters. The van der Waals surface area contributed by atoms with Crippen molar-refractivity contribution in [2.75, 3.05) is 0 Å². The van der Waals surface area contributed by atoms with E-state index < -0.39 is 0 Å². The average molecular weight is 453 g/mol. The van der Waals surface area contributed by atoms with Crippen molar-refractivity contribution in [3.63, 3.8) is 0 Å². The van der Waals surface area contributed by atoms with Gasteiger partial charge in [-0.2, -0.15) is 0 Å². The summed E-state index contributed by atoms with van der Waals surface area (Å²) in [6.07, 6.45) is 6.92. The molecule has 5 heteroatoms. The Balaban J connectivity index is 1.34. The molecule has 33 heavy (non-hydrogen) atoms. The van der Waals surface area contributed by atoms with Gasteiger partial charge >= 0.3 is 11.9 Å². The van der Waals surface area contributed by atoms with Gasteiger partial charge in [-0.3, -0.25) is 9.59 Å². The van der Waals surface area contributed by atoms with E-state index in [2.05, 4.69) is 13.8 Å². The zero-order valence-corrected chi connectivity index (χ0v) is 20.0. The number of esters is 2. The Hall–Kier alpha value is -2.17. The molecule has 0 bridgehead atoms. The van der Waals surface area contributed by atoms with Gasteiger partial charge in [-0.1, -0.05) is 32.0 Å².